The van der Waals surface area contributed by atoms with Crippen LogP contribution in [0.15, 0.2) is 42.9 Å². The van der Waals surface area contributed by atoms with Gasteiger partial charge in [-0.2, -0.15) is 4.98 Å². The van der Waals surface area contributed by atoms with Gasteiger partial charge < -0.3 is 10.0 Å². The molecule has 1 aliphatic rings. The van der Waals surface area contributed by atoms with Gasteiger partial charge >= 0.3 is 5.97 Å². The first-order valence-corrected chi connectivity index (χ1v) is 8.05. The van der Waals surface area contributed by atoms with Crippen molar-refractivity contribution >= 4 is 11.9 Å². The number of hydrogen-bond donors (Lipinski definition) is 1. The van der Waals surface area contributed by atoms with Crippen molar-refractivity contribution in [2.75, 3.05) is 11.4 Å². The zero-order valence-electron chi connectivity index (χ0n) is 13.8. The van der Waals surface area contributed by atoms with Gasteiger partial charge in [-0.05, 0) is 24.5 Å². The van der Waals surface area contributed by atoms with Crippen molar-refractivity contribution in [2.24, 2.45) is 0 Å². The number of aromatic carboxylic acids is 1. The van der Waals surface area contributed by atoms with Crippen LogP contribution in [0.2, 0.25) is 0 Å². The molecular weight excluding hydrogens is 318 g/mol. The fourth-order valence-electron chi connectivity index (χ4n) is 3.04. The summed E-state index contributed by atoms with van der Waals surface area (Å²) in [7, 11) is 0. The van der Waals surface area contributed by atoms with Crippen LogP contribution in [0.3, 0.4) is 0 Å². The van der Waals surface area contributed by atoms with Crippen molar-refractivity contribution in [3.8, 4) is 5.82 Å². The first kappa shape index (κ1) is 15.3. The van der Waals surface area contributed by atoms with Gasteiger partial charge in [0.05, 0.1) is 0 Å². The molecule has 0 amide bonds. The molecule has 1 aromatic carbocycles. The van der Waals surface area contributed by atoms with Crippen LogP contribution < -0.4 is 4.90 Å². The molecule has 0 radical (unpaired) electrons. The lowest BCUT2D eigenvalue weighted by molar-refractivity contribution is 0.0691. The molecule has 25 heavy (non-hydrogen) atoms. The Morgan fingerprint density at radius 2 is 2.00 bits per heavy atom. The number of imidazole rings is 1. The van der Waals surface area contributed by atoms with Crippen molar-refractivity contribution in [3.63, 3.8) is 0 Å². The Bertz CT molecular complexity index is 950. The summed E-state index contributed by atoms with van der Waals surface area (Å²) >= 11 is 0. The molecule has 4 rings (SSSR count). The van der Waals surface area contributed by atoms with Crippen LogP contribution >= 0.6 is 0 Å². The minimum Gasteiger partial charge on any atom is -0.476 e. The normalized spacial score (nSPS) is 13.6. The molecule has 0 atom stereocenters. The quantitative estimate of drug-likeness (QED) is 0.790. The van der Waals surface area contributed by atoms with E-state index in [4.69, 9.17) is 5.11 Å². The van der Waals surface area contributed by atoms with Gasteiger partial charge in [-0.1, -0.05) is 24.3 Å². The van der Waals surface area contributed by atoms with Crippen LogP contribution in [0.4, 0.5) is 5.95 Å². The number of rotatable bonds is 3. The smallest absolute Gasteiger partial charge is 0.356 e. The first-order valence-electron chi connectivity index (χ1n) is 8.05. The summed E-state index contributed by atoms with van der Waals surface area (Å²) in [5.74, 6) is 0.203. The Kier molecular flexibility index (Phi) is 3.68. The number of carbonyl (C=O) groups is 1. The highest BCUT2D eigenvalue weighted by atomic mass is 16.4. The number of nitrogens with zero attached hydrogens (tertiary/aromatic N) is 5. The third-order valence-electron chi connectivity index (χ3n) is 4.31. The zero-order valence-corrected chi connectivity index (χ0v) is 13.8. The lowest BCUT2D eigenvalue weighted by Crippen LogP contribution is -2.32. The summed E-state index contributed by atoms with van der Waals surface area (Å²) in [4.78, 5) is 26.2. The highest BCUT2D eigenvalue weighted by molar-refractivity contribution is 5.85. The zero-order chi connectivity index (χ0) is 17.4. The largest absolute Gasteiger partial charge is 0.476 e. The second kappa shape index (κ2) is 6.01. The molecule has 3 heterocycles. The topological polar surface area (TPSA) is 84.1 Å². The third-order valence-corrected chi connectivity index (χ3v) is 4.31. The van der Waals surface area contributed by atoms with Crippen molar-refractivity contribution in [2.45, 2.75) is 19.9 Å². The Morgan fingerprint density at radius 3 is 2.76 bits per heavy atom. The molecule has 2 aromatic heterocycles. The summed E-state index contributed by atoms with van der Waals surface area (Å²) in [6.45, 7) is 3.52. The van der Waals surface area contributed by atoms with Gasteiger partial charge in [-0.15, -0.1) is 0 Å². The Hall–Kier alpha value is -3.22. The van der Waals surface area contributed by atoms with Gasteiger partial charge in [0, 0.05) is 31.0 Å². The molecule has 0 fully saturated rings. The number of fused-ring (bicyclic) bond motifs is 1. The predicted molar refractivity (Wildman–Crippen MR) is 92.0 cm³/mol. The highest BCUT2D eigenvalue weighted by Gasteiger charge is 2.19. The highest BCUT2D eigenvalue weighted by Crippen LogP contribution is 2.23. The molecule has 0 bridgehead atoms. The van der Waals surface area contributed by atoms with Crippen LogP contribution in [0.5, 0.6) is 0 Å². The first-order chi connectivity index (χ1) is 12.1. The number of aromatic nitrogens is 4. The van der Waals surface area contributed by atoms with Crippen LogP contribution in [0, 0.1) is 6.92 Å². The maximum absolute atomic E-state index is 11.0. The fraction of sp³-hybridized carbons (Fsp3) is 0.222. The molecule has 1 aliphatic heterocycles. The van der Waals surface area contributed by atoms with E-state index in [1.807, 2.05) is 19.1 Å². The SMILES string of the molecule is Cc1cc(-n2cnc(C(=O)O)c2)nc(N2CCc3ccccc3C2)n1. The molecular formula is C18H17N5O2. The fourth-order valence-corrected chi connectivity index (χ4v) is 3.04. The maximum atomic E-state index is 11.0. The van der Waals surface area contributed by atoms with Gasteiger partial charge in [-0.3, -0.25) is 4.57 Å². The molecule has 0 spiro atoms. The van der Waals surface area contributed by atoms with Crippen molar-refractivity contribution in [1.29, 1.82) is 0 Å². The molecule has 3 aromatic rings. The maximum Gasteiger partial charge on any atom is 0.356 e. The number of anilines is 1. The van der Waals surface area contributed by atoms with Crippen molar-refractivity contribution in [3.05, 3.63) is 65.4 Å². The average Bonchev–Trinajstić information content (AvgIpc) is 3.11. The lowest BCUT2D eigenvalue weighted by Gasteiger charge is -2.29. The number of aryl methyl sites for hydroxylation is 1. The van der Waals surface area contributed by atoms with E-state index in [2.05, 4.69) is 38.1 Å². The van der Waals surface area contributed by atoms with Gasteiger partial charge in [0.25, 0.3) is 0 Å². The molecule has 0 saturated heterocycles. The summed E-state index contributed by atoms with van der Waals surface area (Å²) in [5, 5.41) is 9.03. The monoisotopic (exact) mass is 335 g/mol. The van der Waals surface area contributed by atoms with E-state index in [9.17, 15) is 4.79 Å². The molecule has 126 valence electrons. The molecule has 7 nitrogen and oxygen atoms in total. The Balaban J connectivity index is 1.67. The molecule has 7 heteroatoms. The average molecular weight is 335 g/mol. The van der Waals surface area contributed by atoms with Gasteiger partial charge in [0.2, 0.25) is 5.95 Å². The molecule has 1 N–H and O–H groups in total. The second-order valence-corrected chi connectivity index (χ2v) is 6.08. The van der Waals surface area contributed by atoms with Gasteiger partial charge in [0.1, 0.15) is 12.1 Å². The van der Waals surface area contributed by atoms with E-state index in [0.29, 0.717) is 11.8 Å². The standard InChI is InChI=1S/C18H17N5O2/c1-12-8-16(23-10-15(17(24)25)19-11-23)21-18(20-12)22-7-6-13-4-2-3-5-14(13)9-22/h2-5,8,10-11H,6-7,9H2,1H3,(H,24,25). The van der Waals surface area contributed by atoms with Crippen LogP contribution in [0.25, 0.3) is 5.82 Å². The summed E-state index contributed by atoms with van der Waals surface area (Å²) in [6.07, 6.45) is 3.87. The van der Waals surface area contributed by atoms with E-state index >= 15 is 0 Å². The third kappa shape index (κ3) is 2.96. The van der Waals surface area contributed by atoms with Crippen LogP contribution in [-0.4, -0.2) is 37.1 Å². The minimum atomic E-state index is -1.06. The van der Waals surface area contributed by atoms with E-state index in [1.54, 1.807) is 4.57 Å². The van der Waals surface area contributed by atoms with Crippen molar-refractivity contribution < 1.29 is 9.90 Å². The van der Waals surface area contributed by atoms with E-state index in [1.165, 1.54) is 23.7 Å². The summed E-state index contributed by atoms with van der Waals surface area (Å²) < 4.78 is 1.61. The number of carboxylic acids is 1. The predicted octanol–water partition coefficient (Wildman–Crippen LogP) is 2.23. The van der Waals surface area contributed by atoms with E-state index in [0.717, 1.165) is 25.2 Å². The van der Waals surface area contributed by atoms with E-state index in [-0.39, 0.29) is 5.69 Å². The van der Waals surface area contributed by atoms with Gasteiger partial charge in [-0.25, -0.2) is 14.8 Å². The van der Waals surface area contributed by atoms with Crippen LogP contribution in [-0.2, 0) is 13.0 Å². The number of hydrogen-bond acceptors (Lipinski definition) is 5. The van der Waals surface area contributed by atoms with E-state index < -0.39 is 5.97 Å². The summed E-state index contributed by atoms with van der Waals surface area (Å²) in [6, 6.07) is 10.2. The number of carboxylic acid groups (broad SMARTS) is 1. The molecule has 0 saturated carbocycles. The van der Waals surface area contributed by atoms with Gasteiger partial charge in [0.15, 0.2) is 5.69 Å². The van der Waals surface area contributed by atoms with Crippen LogP contribution in [0.1, 0.15) is 27.3 Å². The molecule has 0 aliphatic carbocycles. The Labute approximate surface area is 144 Å². The van der Waals surface area contributed by atoms with Crippen molar-refractivity contribution in [1.82, 2.24) is 19.5 Å². The second-order valence-electron chi connectivity index (χ2n) is 6.08. The minimum absolute atomic E-state index is 0.00952. The Morgan fingerprint density at radius 1 is 1.20 bits per heavy atom. The summed E-state index contributed by atoms with van der Waals surface area (Å²) in [5.41, 5.74) is 3.47. The lowest BCUT2D eigenvalue weighted by atomic mass is 10.0. The number of benzene rings is 1. The molecule has 0 unspecified atom stereocenters.